The number of benzene rings is 1. The Labute approximate surface area is 109 Å². The van der Waals surface area contributed by atoms with Crippen molar-refractivity contribution < 1.29 is 4.79 Å². The third-order valence-electron chi connectivity index (χ3n) is 3.79. The molecule has 3 nitrogen and oxygen atoms in total. The summed E-state index contributed by atoms with van der Waals surface area (Å²) in [5.74, 6) is 0.128. The zero-order valence-corrected chi connectivity index (χ0v) is 11.5. The van der Waals surface area contributed by atoms with Crippen molar-refractivity contribution in [1.82, 2.24) is 5.32 Å². The van der Waals surface area contributed by atoms with Crippen molar-refractivity contribution in [3.63, 3.8) is 0 Å². The minimum Gasteiger partial charge on any atom is -0.325 e. The fraction of sp³-hybridized carbons (Fsp3) is 0.533. The minimum atomic E-state index is -0.283. The lowest BCUT2D eigenvalue weighted by Crippen LogP contribution is -2.46. The number of hydrogen-bond acceptors (Lipinski definition) is 2. The Balaban J connectivity index is 2.13. The highest BCUT2D eigenvalue weighted by molar-refractivity contribution is 5.96. The van der Waals surface area contributed by atoms with E-state index in [4.69, 9.17) is 0 Å². The van der Waals surface area contributed by atoms with E-state index in [1.54, 1.807) is 0 Å². The molecule has 1 amide bonds. The quantitative estimate of drug-likeness (QED) is 0.842. The second-order valence-corrected chi connectivity index (χ2v) is 5.61. The van der Waals surface area contributed by atoms with E-state index in [1.165, 1.54) is 5.56 Å². The highest BCUT2D eigenvalue weighted by atomic mass is 16.2. The number of amides is 1. The molecule has 1 aliphatic rings. The Morgan fingerprint density at radius 1 is 1.39 bits per heavy atom. The molecule has 0 saturated carbocycles. The normalized spacial score (nSPS) is 23.7. The van der Waals surface area contributed by atoms with Crippen LogP contribution in [-0.2, 0) is 4.79 Å². The molecule has 1 saturated heterocycles. The maximum absolute atomic E-state index is 12.4. The Hall–Kier alpha value is -1.35. The van der Waals surface area contributed by atoms with E-state index in [0.717, 1.165) is 37.2 Å². The number of carbonyl (C=O) groups is 1. The maximum atomic E-state index is 12.4. The Kier molecular flexibility index (Phi) is 3.71. The molecule has 1 aliphatic heterocycles. The van der Waals surface area contributed by atoms with Gasteiger partial charge in [0.15, 0.2) is 0 Å². The zero-order valence-electron chi connectivity index (χ0n) is 11.5. The van der Waals surface area contributed by atoms with Crippen LogP contribution < -0.4 is 10.6 Å². The summed E-state index contributed by atoms with van der Waals surface area (Å²) in [5, 5.41) is 6.39. The predicted octanol–water partition coefficient (Wildman–Crippen LogP) is 2.63. The zero-order chi connectivity index (χ0) is 13.2. The van der Waals surface area contributed by atoms with Gasteiger partial charge in [-0.25, -0.2) is 0 Å². The number of piperidine rings is 1. The summed E-state index contributed by atoms with van der Waals surface area (Å²) >= 11 is 0. The van der Waals surface area contributed by atoms with Crippen molar-refractivity contribution in [2.45, 2.75) is 33.6 Å². The van der Waals surface area contributed by atoms with Gasteiger partial charge in [0, 0.05) is 12.2 Å². The summed E-state index contributed by atoms with van der Waals surface area (Å²) in [5.41, 5.74) is 2.94. The van der Waals surface area contributed by atoms with E-state index in [1.807, 2.05) is 32.9 Å². The molecule has 0 aliphatic carbocycles. The van der Waals surface area contributed by atoms with Gasteiger partial charge in [-0.2, -0.15) is 0 Å². The van der Waals surface area contributed by atoms with Crippen LogP contribution in [0.25, 0.3) is 0 Å². The molecule has 0 radical (unpaired) electrons. The molecule has 0 aromatic heterocycles. The van der Waals surface area contributed by atoms with Crippen LogP contribution in [0.1, 0.15) is 30.9 Å². The number of nitrogens with one attached hydrogen (secondary N) is 2. The van der Waals surface area contributed by atoms with Gasteiger partial charge >= 0.3 is 0 Å². The van der Waals surface area contributed by atoms with Crippen molar-refractivity contribution in [3.8, 4) is 0 Å². The molecule has 1 aromatic rings. The van der Waals surface area contributed by atoms with Crippen molar-refractivity contribution >= 4 is 11.6 Å². The van der Waals surface area contributed by atoms with Gasteiger partial charge in [-0.15, -0.1) is 0 Å². The molecule has 1 fully saturated rings. The molecule has 3 heteroatoms. The number of anilines is 1. The SMILES string of the molecule is Cc1ccc(C)c(NC(=O)C2(C)CCCNC2)c1. The first-order valence-electron chi connectivity index (χ1n) is 6.61. The van der Waals surface area contributed by atoms with E-state index in [0.29, 0.717) is 0 Å². The highest BCUT2D eigenvalue weighted by Gasteiger charge is 2.34. The summed E-state index contributed by atoms with van der Waals surface area (Å²) in [6.07, 6.45) is 2.02. The summed E-state index contributed by atoms with van der Waals surface area (Å²) in [7, 11) is 0. The fourth-order valence-corrected chi connectivity index (χ4v) is 2.39. The van der Waals surface area contributed by atoms with Crippen LogP contribution in [0, 0.1) is 19.3 Å². The maximum Gasteiger partial charge on any atom is 0.231 e. The average molecular weight is 246 g/mol. The van der Waals surface area contributed by atoms with Crippen molar-refractivity contribution in [1.29, 1.82) is 0 Å². The molecule has 2 rings (SSSR count). The molecule has 18 heavy (non-hydrogen) atoms. The van der Waals surface area contributed by atoms with Crippen molar-refractivity contribution in [2.24, 2.45) is 5.41 Å². The first kappa shape index (κ1) is 13.1. The highest BCUT2D eigenvalue weighted by Crippen LogP contribution is 2.28. The summed E-state index contributed by atoms with van der Waals surface area (Å²) < 4.78 is 0. The molecule has 98 valence electrons. The van der Waals surface area contributed by atoms with Gasteiger partial charge in [-0.05, 0) is 57.4 Å². The lowest BCUT2D eigenvalue weighted by Gasteiger charge is -2.32. The Morgan fingerprint density at radius 2 is 2.17 bits per heavy atom. The molecule has 1 unspecified atom stereocenters. The van der Waals surface area contributed by atoms with E-state index in [9.17, 15) is 4.79 Å². The van der Waals surface area contributed by atoms with Gasteiger partial charge in [0.05, 0.1) is 5.41 Å². The van der Waals surface area contributed by atoms with Crippen LogP contribution in [0.3, 0.4) is 0 Å². The fourth-order valence-electron chi connectivity index (χ4n) is 2.39. The first-order chi connectivity index (χ1) is 8.51. The molecule has 0 spiro atoms. The molecular formula is C15H22N2O. The summed E-state index contributed by atoms with van der Waals surface area (Å²) in [4.78, 5) is 12.4. The first-order valence-corrected chi connectivity index (χ1v) is 6.61. The van der Waals surface area contributed by atoms with E-state index in [-0.39, 0.29) is 11.3 Å². The number of hydrogen-bond donors (Lipinski definition) is 2. The van der Waals surface area contributed by atoms with Gasteiger partial charge < -0.3 is 10.6 Å². The van der Waals surface area contributed by atoms with Crippen LogP contribution in [0.4, 0.5) is 5.69 Å². The topological polar surface area (TPSA) is 41.1 Å². The molecule has 1 atom stereocenters. The van der Waals surface area contributed by atoms with Gasteiger partial charge in [-0.3, -0.25) is 4.79 Å². The van der Waals surface area contributed by atoms with Crippen LogP contribution in [-0.4, -0.2) is 19.0 Å². The lowest BCUT2D eigenvalue weighted by molar-refractivity contribution is -0.125. The summed E-state index contributed by atoms with van der Waals surface area (Å²) in [6.45, 7) is 7.89. The second kappa shape index (κ2) is 5.11. The second-order valence-electron chi connectivity index (χ2n) is 5.61. The molecular weight excluding hydrogens is 224 g/mol. The lowest BCUT2D eigenvalue weighted by atomic mass is 9.82. The van der Waals surface area contributed by atoms with Crippen LogP contribution in [0.15, 0.2) is 18.2 Å². The number of rotatable bonds is 2. The smallest absolute Gasteiger partial charge is 0.231 e. The van der Waals surface area contributed by atoms with E-state index >= 15 is 0 Å². The average Bonchev–Trinajstić information content (AvgIpc) is 2.35. The van der Waals surface area contributed by atoms with Gasteiger partial charge in [0.25, 0.3) is 0 Å². The standard InChI is InChI=1S/C15H22N2O/c1-11-5-6-12(2)13(9-11)17-14(18)15(3)7-4-8-16-10-15/h5-6,9,16H,4,7-8,10H2,1-3H3,(H,17,18). The van der Waals surface area contributed by atoms with E-state index in [2.05, 4.69) is 16.7 Å². The van der Waals surface area contributed by atoms with Crippen LogP contribution in [0.2, 0.25) is 0 Å². The Bertz CT molecular complexity index is 448. The monoisotopic (exact) mass is 246 g/mol. The summed E-state index contributed by atoms with van der Waals surface area (Å²) in [6, 6.07) is 6.15. The molecule has 2 N–H and O–H groups in total. The third-order valence-corrected chi connectivity index (χ3v) is 3.79. The number of carbonyl (C=O) groups excluding carboxylic acids is 1. The molecule has 1 heterocycles. The van der Waals surface area contributed by atoms with Gasteiger partial charge in [0.2, 0.25) is 5.91 Å². The van der Waals surface area contributed by atoms with E-state index < -0.39 is 0 Å². The van der Waals surface area contributed by atoms with Crippen LogP contribution in [0.5, 0.6) is 0 Å². The largest absolute Gasteiger partial charge is 0.325 e. The number of aryl methyl sites for hydroxylation is 2. The van der Waals surface area contributed by atoms with Crippen molar-refractivity contribution in [2.75, 3.05) is 18.4 Å². The third kappa shape index (κ3) is 2.72. The molecule has 1 aromatic carbocycles. The minimum absolute atomic E-state index is 0.128. The Morgan fingerprint density at radius 3 is 2.83 bits per heavy atom. The van der Waals surface area contributed by atoms with Gasteiger partial charge in [0.1, 0.15) is 0 Å². The van der Waals surface area contributed by atoms with Crippen molar-refractivity contribution in [3.05, 3.63) is 29.3 Å². The van der Waals surface area contributed by atoms with Crippen LogP contribution >= 0.6 is 0 Å². The predicted molar refractivity (Wildman–Crippen MR) is 74.8 cm³/mol. The molecule has 0 bridgehead atoms. The van der Waals surface area contributed by atoms with Gasteiger partial charge in [-0.1, -0.05) is 12.1 Å².